The summed E-state index contributed by atoms with van der Waals surface area (Å²) in [7, 11) is -3.88. The Morgan fingerprint density at radius 1 is 1.19 bits per heavy atom. The van der Waals surface area contributed by atoms with Crippen molar-refractivity contribution in [3.05, 3.63) is 35.9 Å². The molecule has 2 saturated heterocycles. The molecule has 2 aliphatic heterocycles. The molecule has 2 atom stereocenters. The van der Waals surface area contributed by atoms with Gasteiger partial charge in [-0.25, -0.2) is 18.2 Å². The molecule has 0 bridgehead atoms. The molecule has 1 aromatic rings. The Morgan fingerprint density at radius 2 is 1.85 bits per heavy atom. The van der Waals surface area contributed by atoms with Crippen LogP contribution in [0.4, 0.5) is 0 Å². The second kappa shape index (κ2) is 7.61. The molecule has 9 heteroatoms. The van der Waals surface area contributed by atoms with Crippen LogP contribution in [0.2, 0.25) is 0 Å². The Balaban J connectivity index is 1.75. The van der Waals surface area contributed by atoms with E-state index in [-0.39, 0.29) is 13.0 Å². The minimum atomic E-state index is -3.88. The van der Waals surface area contributed by atoms with Crippen molar-refractivity contribution in [2.45, 2.75) is 36.0 Å². The van der Waals surface area contributed by atoms with Crippen LogP contribution in [0.3, 0.4) is 0 Å². The molecule has 2 unspecified atom stereocenters. The molecule has 4 N–H and O–H groups in total. The SMILES string of the molecule is O=C(NO)C1(O)CNCCC1S(=O)(=O)N1CCC(c2ccccc2)CC1. The number of amides is 1. The summed E-state index contributed by atoms with van der Waals surface area (Å²) in [6.45, 7) is 0.862. The van der Waals surface area contributed by atoms with Crippen molar-refractivity contribution in [1.29, 1.82) is 0 Å². The fraction of sp³-hybridized carbons (Fsp3) is 0.588. The van der Waals surface area contributed by atoms with Gasteiger partial charge >= 0.3 is 0 Å². The van der Waals surface area contributed by atoms with E-state index in [1.54, 1.807) is 0 Å². The Morgan fingerprint density at radius 3 is 2.46 bits per heavy atom. The number of sulfonamides is 1. The zero-order valence-corrected chi connectivity index (χ0v) is 15.3. The van der Waals surface area contributed by atoms with E-state index in [4.69, 9.17) is 5.21 Å². The average Bonchev–Trinajstić information content (AvgIpc) is 2.68. The van der Waals surface area contributed by atoms with Crippen molar-refractivity contribution in [2.75, 3.05) is 26.2 Å². The number of carbonyl (C=O) groups excluding carboxylic acids is 1. The summed E-state index contributed by atoms with van der Waals surface area (Å²) in [5, 5.41) is 21.1. The third kappa shape index (κ3) is 3.49. The van der Waals surface area contributed by atoms with Gasteiger partial charge in [-0.1, -0.05) is 30.3 Å². The zero-order chi connectivity index (χ0) is 18.8. The lowest BCUT2D eigenvalue weighted by Gasteiger charge is -2.41. The highest BCUT2D eigenvalue weighted by Crippen LogP contribution is 2.33. The fourth-order valence-corrected chi connectivity index (χ4v) is 6.11. The van der Waals surface area contributed by atoms with Gasteiger partial charge in [0.05, 0.1) is 0 Å². The Hall–Kier alpha value is -1.52. The normalized spacial score (nSPS) is 28.6. The van der Waals surface area contributed by atoms with E-state index in [0.717, 1.165) is 0 Å². The van der Waals surface area contributed by atoms with Gasteiger partial charge in [-0.2, -0.15) is 0 Å². The van der Waals surface area contributed by atoms with Crippen molar-refractivity contribution < 1.29 is 23.5 Å². The summed E-state index contributed by atoms with van der Waals surface area (Å²) in [4.78, 5) is 11.9. The van der Waals surface area contributed by atoms with E-state index >= 15 is 0 Å². The first-order valence-corrected chi connectivity index (χ1v) is 10.3. The molecule has 2 fully saturated rings. The maximum absolute atomic E-state index is 13.1. The van der Waals surface area contributed by atoms with E-state index < -0.39 is 26.8 Å². The molecule has 8 nitrogen and oxygen atoms in total. The molecule has 0 spiro atoms. The van der Waals surface area contributed by atoms with Gasteiger partial charge in [0.15, 0.2) is 5.60 Å². The predicted octanol–water partition coefficient (Wildman–Crippen LogP) is -0.206. The van der Waals surface area contributed by atoms with Gasteiger partial charge in [-0.15, -0.1) is 0 Å². The third-order valence-corrected chi connectivity index (χ3v) is 7.88. The molecule has 0 aliphatic carbocycles. The number of piperidine rings is 2. The summed E-state index contributed by atoms with van der Waals surface area (Å²) >= 11 is 0. The van der Waals surface area contributed by atoms with Crippen molar-refractivity contribution >= 4 is 15.9 Å². The van der Waals surface area contributed by atoms with Crippen LogP contribution >= 0.6 is 0 Å². The van der Waals surface area contributed by atoms with Gasteiger partial charge in [-0.3, -0.25) is 10.0 Å². The number of nitrogens with zero attached hydrogens (tertiary/aromatic N) is 1. The highest BCUT2D eigenvalue weighted by atomic mass is 32.2. The largest absolute Gasteiger partial charge is 0.377 e. The van der Waals surface area contributed by atoms with E-state index in [9.17, 15) is 18.3 Å². The molecular formula is C17H25N3O5S. The summed E-state index contributed by atoms with van der Waals surface area (Å²) in [5.41, 5.74) is 0.401. The minimum absolute atomic E-state index is 0.102. The lowest BCUT2D eigenvalue weighted by molar-refractivity contribution is -0.150. The number of benzene rings is 1. The Kier molecular flexibility index (Phi) is 5.64. The molecule has 2 heterocycles. The van der Waals surface area contributed by atoms with Gasteiger partial charge in [0.1, 0.15) is 5.25 Å². The van der Waals surface area contributed by atoms with Crippen molar-refractivity contribution in [3.63, 3.8) is 0 Å². The number of aliphatic hydroxyl groups is 1. The number of β-amino-alcohol motifs (C(OH)–C–C–N with tert-alkyl or cyclic N) is 1. The Bertz CT molecular complexity index is 734. The van der Waals surface area contributed by atoms with Gasteiger partial charge < -0.3 is 10.4 Å². The van der Waals surface area contributed by atoms with E-state index in [1.165, 1.54) is 15.3 Å². The van der Waals surface area contributed by atoms with Gasteiger partial charge in [0.2, 0.25) is 10.0 Å². The molecule has 2 aliphatic rings. The summed E-state index contributed by atoms with van der Waals surface area (Å²) in [6, 6.07) is 9.99. The summed E-state index contributed by atoms with van der Waals surface area (Å²) in [5.74, 6) is -0.798. The smallest absolute Gasteiger partial charge is 0.278 e. The zero-order valence-electron chi connectivity index (χ0n) is 14.5. The van der Waals surface area contributed by atoms with E-state index in [1.807, 2.05) is 30.3 Å². The average molecular weight is 383 g/mol. The predicted molar refractivity (Wildman–Crippen MR) is 95.1 cm³/mol. The van der Waals surface area contributed by atoms with Crippen LogP contribution in [0.1, 0.15) is 30.7 Å². The topological polar surface area (TPSA) is 119 Å². The number of hydrogen-bond donors (Lipinski definition) is 4. The maximum atomic E-state index is 13.1. The van der Waals surface area contributed by atoms with Crippen LogP contribution in [0.15, 0.2) is 30.3 Å². The van der Waals surface area contributed by atoms with Crippen LogP contribution in [0.5, 0.6) is 0 Å². The van der Waals surface area contributed by atoms with Crippen LogP contribution in [0, 0.1) is 0 Å². The number of rotatable bonds is 4. The van der Waals surface area contributed by atoms with Crippen LogP contribution < -0.4 is 10.8 Å². The highest BCUT2D eigenvalue weighted by molar-refractivity contribution is 7.89. The van der Waals surface area contributed by atoms with E-state index in [0.29, 0.717) is 38.4 Å². The van der Waals surface area contributed by atoms with Crippen molar-refractivity contribution in [2.24, 2.45) is 0 Å². The molecule has 0 saturated carbocycles. The Labute approximate surface area is 153 Å². The molecule has 1 aromatic carbocycles. The fourth-order valence-electron chi connectivity index (χ4n) is 3.93. The first kappa shape index (κ1) is 19.2. The lowest BCUT2D eigenvalue weighted by Crippen LogP contribution is -2.67. The molecule has 144 valence electrons. The van der Waals surface area contributed by atoms with Crippen LogP contribution in [0.25, 0.3) is 0 Å². The molecule has 26 heavy (non-hydrogen) atoms. The number of carbonyl (C=O) groups is 1. The molecular weight excluding hydrogens is 358 g/mol. The second-order valence-corrected chi connectivity index (χ2v) is 9.06. The first-order valence-electron chi connectivity index (χ1n) is 8.81. The number of nitrogens with one attached hydrogen (secondary N) is 2. The summed E-state index contributed by atoms with van der Waals surface area (Å²) in [6.07, 6.45) is 1.49. The van der Waals surface area contributed by atoms with E-state index in [2.05, 4.69) is 5.32 Å². The van der Waals surface area contributed by atoms with Gasteiger partial charge in [-0.05, 0) is 37.3 Å². The van der Waals surface area contributed by atoms with Gasteiger partial charge in [0.25, 0.3) is 5.91 Å². The van der Waals surface area contributed by atoms with Crippen molar-refractivity contribution in [1.82, 2.24) is 15.1 Å². The molecule has 1 amide bonds. The molecule has 0 aromatic heterocycles. The quantitative estimate of drug-likeness (QED) is 0.422. The lowest BCUT2D eigenvalue weighted by atomic mass is 9.90. The van der Waals surface area contributed by atoms with Gasteiger partial charge in [0, 0.05) is 19.6 Å². The third-order valence-electron chi connectivity index (χ3n) is 5.45. The first-order chi connectivity index (χ1) is 12.4. The second-order valence-electron chi connectivity index (χ2n) is 6.95. The van der Waals surface area contributed by atoms with Crippen LogP contribution in [-0.4, -0.2) is 66.0 Å². The summed E-state index contributed by atoms with van der Waals surface area (Å²) < 4.78 is 27.6. The molecule has 3 rings (SSSR count). The molecule has 0 radical (unpaired) electrons. The van der Waals surface area contributed by atoms with Crippen LogP contribution in [-0.2, 0) is 14.8 Å². The monoisotopic (exact) mass is 383 g/mol. The van der Waals surface area contributed by atoms with Crippen molar-refractivity contribution in [3.8, 4) is 0 Å². The minimum Gasteiger partial charge on any atom is -0.377 e. The maximum Gasteiger partial charge on any atom is 0.278 e. The number of hydrogen-bond acceptors (Lipinski definition) is 6. The number of hydroxylamine groups is 1. The highest BCUT2D eigenvalue weighted by Gasteiger charge is 2.53. The standard InChI is InChI=1S/C17H25N3O5S/c21-16(19-23)17(22)12-18-9-6-15(17)26(24,25)20-10-7-14(8-11-20)13-4-2-1-3-5-13/h1-5,14-15,18,22-23H,6-12H2,(H,19,21).